The van der Waals surface area contributed by atoms with E-state index < -0.39 is 0 Å². The van der Waals surface area contributed by atoms with E-state index in [1.54, 1.807) is 6.20 Å². The van der Waals surface area contributed by atoms with Gasteiger partial charge in [-0.2, -0.15) is 0 Å². The van der Waals surface area contributed by atoms with Crippen LogP contribution in [0.3, 0.4) is 0 Å². The van der Waals surface area contributed by atoms with E-state index >= 15 is 0 Å². The predicted molar refractivity (Wildman–Crippen MR) is 57.5 cm³/mol. The van der Waals surface area contributed by atoms with Crippen molar-refractivity contribution in [2.75, 3.05) is 5.73 Å². The molecule has 0 atom stereocenters. The molecule has 0 saturated carbocycles. The van der Waals surface area contributed by atoms with E-state index in [4.69, 9.17) is 5.73 Å². The smallest absolute Gasteiger partial charge is 0.141 e. The summed E-state index contributed by atoms with van der Waals surface area (Å²) in [5.41, 5.74) is 5.67. The van der Waals surface area contributed by atoms with Gasteiger partial charge in [-0.1, -0.05) is 13.8 Å². The molecule has 72 valence electrons. The van der Waals surface area contributed by atoms with Crippen LogP contribution in [0.4, 0.5) is 5.82 Å². The molecule has 0 saturated heterocycles. The van der Waals surface area contributed by atoms with Crippen LogP contribution in [-0.4, -0.2) is 9.97 Å². The highest BCUT2D eigenvalue weighted by molar-refractivity contribution is 9.10. The fourth-order valence-electron chi connectivity index (χ4n) is 1.25. The number of nitrogens with zero attached hydrogens (tertiary/aromatic N) is 2. The van der Waals surface area contributed by atoms with Crippen LogP contribution in [0.15, 0.2) is 10.7 Å². The van der Waals surface area contributed by atoms with Crippen LogP contribution >= 0.6 is 15.9 Å². The van der Waals surface area contributed by atoms with Crippen molar-refractivity contribution in [2.45, 2.75) is 32.6 Å². The second-order valence-electron chi connectivity index (χ2n) is 2.97. The molecule has 0 aromatic carbocycles. The van der Waals surface area contributed by atoms with Crippen molar-refractivity contribution < 1.29 is 0 Å². The first kappa shape index (κ1) is 10.4. The Morgan fingerprint density at radius 1 is 1.46 bits per heavy atom. The molecule has 0 aliphatic rings. The minimum atomic E-state index is 0.426. The SMILES string of the molecule is CCC(CC)c1ncc(Br)c(N)n1. The Balaban J connectivity index is 2.95. The van der Waals surface area contributed by atoms with Crippen molar-refractivity contribution in [2.24, 2.45) is 0 Å². The van der Waals surface area contributed by atoms with Crippen molar-refractivity contribution in [3.05, 3.63) is 16.5 Å². The van der Waals surface area contributed by atoms with E-state index in [-0.39, 0.29) is 0 Å². The normalized spacial score (nSPS) is 10.8. The van der Waals surface area contributed by atoms with Crippen LogP contribution in [0.2, 0.25) is 0 Å². The highest BCUT2D eigenvalue weighted by atomic mass is 79.9. The molecule has 0 fully saturated rings. The third-order valence-corrected chi connectivity index (χ3v) is 2.75. The number of rotatable bonds is 3. The van der Waals surface area contributed by atoms with Gasteiger partial charge in [-0.25, -0.2) is 9.97 Å². The van der Waals surface area contributed by atoms with E-state index in [2.05, 4.69) is 39.7 Å². The molecule has 4 heteroatoms. The number of nitrogen functional groups attached to an aromatic ring is 1. The monoisotopic (exact) mass is 243 g/mol. The zero-order chi connectivity index (χ0) is 9.84. The van der Waals surface area contributed by atoms with Crippen LogP contribution in [0, 0.1) is 0 Å². The Morgan fingerprint density at radius 3 is 2.54 bits per heavy atom. The third kappa shape index (κ3) is 2.40. The van der Waals surface area contributed by atoms with Gasteiger partial charge in [0.1, 0.15) is 11.6 Å². The highest BCUT2D eigenvalue weighted by Crippen LogP contribution is 2.22. The van der Waals surface area contributed by atoms with Gasteiger partial charge >= 0.3 is 0 Å². The Bertz CT molecular complexity index is 284. The summed E-state index contributed by atoms with van der Waals surface area (Å²) >= 11 is 3.27. The lowest BCUT2D eigenvalue weighted by Crippen LogP contribution is -2.05. The quantitative estimate of drug-likeness (QED) is 0.889. The molecule has 1 aromatic rings. The van der Waals surface area contributed by atoms with Crippen molar-refractivity contribution in [3.63, 3.8) is 0 Å². The van der Waals surface area contributed by atoms with Crippen molar-refractivity contribution in [1.29, 1.82) is 0 Å². The van der Waals surface area contributed by atoms with Crippen LogP contribution in [0.5, 0.6) is 0 Å². The van der Waals surface area contributed by atoms with Crippen molar-refractivity contribution in [3.8, 4) is 0 Å². The minimum absolute atomic E-state index is 0.426. The molecular weight excluding hydrogens is 230 g/mol. The summed E-state index contributed by atoms with van der Waals surface area (Å²) in [5.74, 6) is 1.80. The van der Waals surface area contributed by atoms with E-state index in [1.807, 2.05) is 0 Å². The van der Waals surface area contributed by atoms with E-state index in [1.165, 1.54) is 0 Å². The fourth-order valence-corrected chi connectivity index (χ4v) is 1.44. The maximum absolute atomic E-state index is 5.67. The average Bonchev–Trinajstić information content (AvgIpc) is 2.13. The highest BCUT2D eigenvalue weighted by Gasteiger charge is 2.11. The molecule has 0 bridgehead atoms. The molecule has 0 spiro atoms. The van der Waals surface area contributed by atoms with E-state index in [9.17, 15) is 0 Å². The Kier molecular flexibility index (Phi) is 3.66. The van der Waals surface area contributed by atoms with Gasteiger partial charge in [-0.15, -0.1) is 0 Å². The zero-order valence-corrected chi connectivity index (χ0v) is 9.50. The number of hydrogen-bond donors (Lipinski definition) is 1. The lowest BCUT2D eigenvalue weighted by atomic mass is 10.0. The van der Waals surface area contributed by atoms with E-state index in [0.29, 0.717) is 11.7 Å². The molecule has 0 aliphatic heterocycles. The number of halogens is 1. The largest absolute Gasteiger partial charge is 0.383 e. The summed E-state index contributed by atoms with van der Waals surface area (Å²) in [7, 11) is 0. The third-order valence-electron chi connectivity index (χ3n) is 2.14. The van der Waals surface area contributed by atoms with Gasteiger partial charge in [-0.3, -0.25) is 0 Å². The maximum Gasteiger partial charge on any atom is 0.141 e. The first-order valence-corrected chi connectivity index (χ1v) is 5.26. The number of anilines is 1. The molecule has 13 heavy (non-hydrogen) atoms. The van der Waals surface area contributed by atoms with Gasteiger partial charge < -0.3 is 5.73 Å². The predicted octanol–water partition coefficient (Wildman–Crippen LogP) is 2.72. The summed E-state index contributed by atoms with van der Waals surface area (Å²) in [5, 5.41) is 0. The summed E-state index contributed by atoms with van der Waals surface area (Å²) in [4.78, 5) is 8.48. The molecule has 1 rings (SSSR count). The molecule has 0 amide bonds. The molecule has 2 N–H and O–H groups in total. The lowest BCUT2D eigenvalue weighted by molar-refractivity contribution is 0.602. The van der Waals surface area contributed by atoms with Crippen LogP contribution in [0.1, 0.15) is 38.4 Å². The standard InChI is InChI=1S/C9H14BrN3/c1-3-6(4-2)9-12-5-7(10)8(11)13-9/h5-6H,3-4H2,1-2H3,(H2,11,12,13). The molecular formula is C9H14BrN3. The minimum Gasteiger partial charge on any atom is -0.383 e. The fraction of sp³-hybridized carbons (Fsp3) is 0.556. The molecule has 1 aromatic heterocycles. The van der Waals surface area contributed by atoms with Crippen LogP contribution in [0.25, 0.3) is 0 Å². The second kappa shape index (κ2) is 4.56. The van der Waals surface area contributed by atoms with E-state index in [0.717, 1.165) is 23.1 Å². The van der Waals surface area contributed by atoms with Gasteiger partial charge in [0.25, 0.3) is 0 Å². The Morgan fingerprint density at radius 2 is 2.08 bits per heavy atom. The lowest BCUT2D eigenvalue weighted by Gasteiger charge is -2.10. The zero-order valence-electron chi connectivity index (χ0n) is 7.92. The van der Waals surface area contributed by atoms with Gasteiger partial charge in [0.15, 0.2) is 0 Å². The summed E-state index contributed by atoms with van der Waals surface area (Å²) in [6.45, 7) is 4.27. The summed E-state index contributed by atoms with van der Waals surface area (Å²) in [6.07, 6.45) is 3.82. The molecule has 0 aliphatic carbocycles. The number of hydrogen-bond acceptors (Lipinski definition) is 3. The first-order valence-electron chi connectivity index (χ1n) is 4.46. The van der Waals surface area contributed by atoms with Gasteiger partial charge in [0, 0.05) is 12.1 Å². The van der Waals surface area contributed by atoms with Gasteiger partial charge in [-0.05, 0) is 28.8 Å². The number of nitrogens with two attached hydrogens (primary N) is 1. The first-order chi connectivity index (χ1) is 6.19. The summed E-state index contributed by atoms with van der Waals surface area (Å²) in [6, 6.07) is 0. The van der Waals surface area contributed by atoms with Crippen molar-refractivity contribution >= 4 is 21.7 Å². The van der Waals surface area contributed by atoms with Gasteiger partial charge in [0.2, 0.25) is 0 Å². The maximum atomic E-state index is 5.67. The number of aromatic nitrogens is 2. The second-order valence-corrected chi connectivity index (χ2v) is 3.83. The molecule has 0 unspecified atom stereocenters. The topological polar surface area (TPSA) is 51.8 Å². The summed E-state index contributed by atoms with van der Waals surface area (Å²) < 4.78 is 0.766. The molecule has 1 heterocycles. The molecule has 0 radical (unpaired) electrons. The average molecular weight is 244 g/mol. The van der Waals surface area contributed by atoms with Gasteiger partial charge in [0.05, 0.1) is 4.47 Å². The Labute approximate surface area is 86.9 Å². The molecule has 3 nitrogen and oxygen atoms in total. The van der Waals surface area contributed by atoms with Crippen LogP contribution < -0.4 is 5.73 Å². The van der Waals surface area contributed by atoms with Crippen molar-refractivity contribution in [1.82, 2.24) is 9.97 Å². The Hall–Kier alpha value is -0.640. The van der Waals surface area contributed by atoms with Crippen LogP contribution in [-0.2, 0) is 0 Å².